The molecule has 0 rings (SSSR count). The van der Waals surface area contributed by atoms with Crippen molar-refractivity contribution < 1.29 is 13.3 Å². The summed E-state index contributed by atoms with van der Waals surface area (Å²) in [5, 5.41) is 0.506. The summed E-state index contributed by atoms with van der Waals surface area (Å²) < 4.78 is 16.8. The van der Waals surface area contributed by atoms with Crippen molar-refractivity contribution in [2.45, 2.75) is 40.2 Å². The van der Waals surface area contributed by atoms with Gasteiger partial charge in [-0.2, -0.15) is 0 Å². The molecule has 0 atom stereocenters. The Hall–Kier alpha value is 0.0269. The summed E-state index contributed by atoms with van der Waals surface area (Å²) in [7, 11) is -2.50. The fraction of sp³-hybridized carbons (Fsp3) is 0.889. The van der Waals surface area contributed by atoms with E-state index >= 15 is 0 Å². The average molecular weight is 236 g/mol. The molecule has 14 heavy (non-hydrogen) atoms. The summed E-state index contributed by atoms with van der Waals surface area (Å²) in [6.07, 6.45) is 0.981. The van der Waals surface area contributed by atoms with Crippen LogP contribution in [0.5, 0.6) is 0 Å². The van der Waals surface area contributed by atoms with Crippen molar-refractivity contribution in [1.82, 2.24) is 0 Å². The highest BCUT2D eigenvalue weighted by Crippen LogP contribution is 2.18. The third-order valence-corrected chi connectivity index (χ3v) is 5.00. The fourth-order valence-corrected chi connectivity index (χ4v) is 4.16. The third-order valence-electron chi connectivity index (χ3n) is 1.58. The van der Waals surface area contributed by atoms with Gasteiger partial charge in [0.25, 0.3) is 0 Å². The summed E-state index contributed by atoms with van der Waals surface area (Å²) in [5.74, 6) is 0. The minimum atomic E-state index is -2.50. The van der Waals surface area contributed by atoms with E-state index in [0.717, 1.165) is 12.5 Å². The fourth-order valence-electron chi connectivity index (χ4n) is 1.26. The van der Waals surface area contributed by atoms with Gasteiger partial charge in [-0.15, -0.1) is 0 Å². The molecule has 0 aliphatic carbocycles. The maximum atomic E-state index is 5.63. The van der Waals surface area contributed by atoms with Gasteiger partial charge in [-0.05, 0) is 26.1 Å². The molecule has 0 aliphatic heterocycles. The Bertz CT molecular complexity index is 158. The Morgan fingerprint density at radius 1 is 1.14 bits per heavy atom. The van der Waals surface area contributed by atoms with E-state index in [1.54, 1.807) is 6.92 Å². The zero-order valence-corrected chi connectivity index (χ0v) is 11.3. The van der Waals surface area contributed by atoms with Gasteiger partial charge >= 0.3 is 8.80 Å². The number of hydrogen-bond acceptors (Lipinski definition) is 4. The first-order valence-electron chi connectivity index (χ1n) is 5.07. The largest absolute Gasteiger partial charge is 0.566 e. The van der Waals surface area contributed by atoms with Crippen molar-refractivity contribution >= 4 is 26.1 Å². The predicted octanol–water partition coefficient (Wildman–Crippen LogP) is 2.77. The number of thiocarbonyl (C=S) groups is 1. The quantitative estimate of drug-likeness (QED) is 0.502. The highest BCUT2D eigenvalue weighted by Gasteiger charge is 2.42. The molecule has 0 heterocycles. The SMILES string of the molecule is CCC[Si](OCC)(OCC)OC(C)=S. The van der Waals surface area contributed by atoms with Crippen LogP contribution < -0.4 is 0 Å². The molecule has 3 nitrogen and oxygen atoms in total. The molecule has 84 valence electrons. The molecule has 0 unspecified atom stereocenters. The normalized spacial score (nSPS) is 11.4. The second kappa shape index (κ2) is 7.34. The summed E-state index contributed by atoms with van der Waals surface area (Å²) in [5.41, 5.74) is 0. The summed E-state index contributed by atoms with van der Waals surface area (Å²) in [4.78, 5) is 0. The van der Waals surface area contributed by atoms with Crippen LogP contribution >= 0.6 is 12.2 Å². The van der Waals surface area contributed by atoms with Crippen LogP contribution in [-0.4, -0.2) is 27.1 Å². The van der Waals surface area contributed by atoms with E-state index in [2.05, 4.69) is 6.92 Å². The molecule has 0 radical (unpaired) electrons. The van der Waals surface area contributed by atoms with Gasteiger partial charge in [-0.3, -0.25) is 0 Å². The van der Waals surface area contributed by atoms with E-state index in [0.29, 0.717) is 18.3 Å². The lowest BCUT2D eigenvalue weighted by molar-refractivity contribution is 0.113. The summed E-state index contributed by atoms with van der Waals surface area (Å²) >= 11 is 4.94. The second-order valence-corrected chi connectivity index (χ2v) is 6.12. The lowest BCUT2D eigenvalue weighted by Gasteiger charge is -2.28. The van der Waals surface area contributed by atoms with Crippen LogP contribution in [0.1, 0.15) is 34.1 Å². The molecule has 0 aromatic carbocycles. The monoisotopic (exact) mass is 236 g/mol. The smallest absolute Gasteiger partial charge is 0.495 e. The Balaban J connectivity index is 4.45. The van der Waals surface area contributed by atoms with Crippen LogP contribution in [0, 0.1) is 0 Å². The van der Waals surface area contributed by atoms with Crippen LogP contribution in [0.4, 0.5) is 0 Å². The van der Waals surface area contributed by atoms with Gasteiger partial charge in [0.2, 0.25) is 0 Å². The van der Waals surface area contributed by atoms with Gasteiger partial charge < -0.3 is 13.3 Å². The first kappa shape index (κ1) is 14.0. The zero-order valence-electron chi connectivity index (χ0n) is 9.46. The molecule has 0 aromatic heterocycles. The third kappa shape index (κ3) is 5.04. The summed E-state index contributed by atoms with van der Waals surface area (Å²) in [6, 6.07) is 0.822. The molecule has 0 N–H and O–H groups in total. The van der Waals surface area contributed by atoms with Crippen LogP contribution in [0.25, 0.3) is 0 Å². The Labute approximate surface area is 93.1 Å². The summed E-state index contributed by atoms with van der Waals surface area (Å²) in [6.45, 7) is 8.94. The van der Waals surface area contributed by atoms with Crippen LogP contribution in [0.15, 0.2) is 0 Å². The molecule has 0 aromatic rings. The van der Waals surface area contributed by atoms with E-state index in [-0.39, 0.29) is 0 Å². The van der Waals surface area contributed by atoms with Crippen molar-refractivity contribution in [2.24, 2.45) is 0 Å². The molecule has 0 saturated carbocycles. The molecule has 0 spiro atoms. The second-order valence-electron chi connectivity index (χ2n) is 2.89. The molecule has 0 fully saturated rings. The van der Waals surface area contributed by atoms with Crippen molar-refractivity contribution in [3.63, 3.8) is 0 Å². The maximum Gasteiger partial charge on any atom is 0.566 e. The highest BCUT2D eigenvalue weighted by atomic mass is 32.1. The van der Waals surface area contributed by atoms with Gasteiger partial charge in [-0.25, -0.2) is 0 Å². The van der Waals surface area contributed by atoms with Gasteiger partial charge in [0.05, 0.1) is 0 Å². The van der Waals surface area contributed by atoms with E-state index in [9.17, 15) is 0 Å². The molecule has 5 heteroatoms. The van der Waals surface area contributed by atoms with E-state index < -0.39 is 8.80 Å². The molecular weight excluding hydrogens is 216 g/mol. The lowest BCUT2D eigenvalue weighted by atomic mass is 10.6. The van der Waals surface area contributed by atoms with Gasteiger partial charge in [0, 0.05) is 26.2 Å². The van der Waals surface area contributed by atoms with Gasteiger partial charge in [0.15, 0.2) is 0 Å². The van der Waals surface area contributed by atoms with Crippen LogP contribution in [0.3, 0.4) is 0 Å². The van der Waals surface area contributed by atoms with Crippen molar-refractivity contribution in [3.05, 3.63) is 0 Å². The highest BCUT2D eigenvalue weighted by molar-refractivity contribution is 7.80. The molecule has 0 bridgehead atoms. The first-order chi connectivity index (χ1) is 6.60. The van der Waals surface area contributed by atoms with Gasteiger partial charge in [-0.1, -0.05) is 13.3 Å². The Kier molecular flexibility index (Phi) is 7.35. The van der Waals surface area contributed by atoms with E-state index in [1.807, 2.05) is 13.8 Å². The number of rotatable bonds is 7. The molecule has 0 amide bonds. The van der Waals surface area contributed by atoms with Crippen molar-refractivity contribution in [1.29, 1.82) is 0 Å². The molecular formula is C9H20O3SSi. The standard InChI is InChI=1S/C9H20O3SSi/c1-5-8-14(10-6-2,11-7-3)12-9(4)13/h5-8H2,1-4H3. The maximum absolute atomic E-state index is 5.63. The van der Waals surface area contributed by atoms with Gasteiger partial charge in [0.1, 0.15) is 5.05 Å². The molecule has 0 saturated heterocycles. The first-order valence-corrected chi connectivity index (χ1v) is 7.41. The van der Waals surface area contributed by atoms with Crippen molar-refractivity contribution in [3.8, 4) is 0 Å². The minimum Gasteiger partial charge on any atom is -0.495 e. The van der Waals surface area contributed by atoms with Crippen LogP contribution in [0.2, 0.25) is 6.04 Å². The minimum absolute atomic E-state index is 0.506. The zero-order chi connectivity index (χ0) is 11.0. The Morgan fingerprint density at radius 3 is 1.93 bits per heavy atom. The van der Waals surface area contributed by atoms with Crippen molar-refractivity contribution in [2.75, 3.05) is 13.2 Å². The predicted molar refractivity (Wildman–Crippen MR) is 63.5 cm³/mol. The Morgan fingerprint density at radius 2 is 1.64 bits per heavy atom. The molecule has 0 aliphatic rings. The van der Waals surface area contributed by atoms with Crippen LogP contribution in [-0.2, 0) is 13.3 Å². The topological polar surface area (TPSA) is 27.7 Å². The van der Waals surface area contributed by atoms with E-state index in [4.69, 9.17) is 25.5 Å². The average Bonchev–Trinajstić information content (AvgIpc) is 2.03. The van der Waals surface area contributed by atoms with E-state index in [1.165, 1.54) is 0 Å². The number of hydrogen-bond donors (Lipinski definition) is 0. The lowest BCUT2D eigenvalue weighted by Crippen LogP contribution is -2.46.